The van der Waals surface area contributed by atoms with Gasteiger partial charge >= 0.3 is 0 Å². The van der Waals surface area contributed by atoms with Gasteiger partial charge in [0.25, 0.3) is 5.69 Å². The average Bonchev–Trinajstić information content (AvgIpc) is 3.30. The number of carbonyl (C=O) groups is 1. The van der Waals surface area contributed by atoms with Gasteiger partial charge in [-0.05, 0) is 25.3 Å². The summed E-state index contributed by atoms with van der Waals surface area (Å²) >= 11 is 2.92. The number of hydrogen-bond acceptors (Lipinski definition) is 8. The molecule has 1 N–H and O–H groups in total. The van der Waals surface area contributed by atoms with Crippen molar-refractivity contribution in [1.29, 1.82) is 0 Å². The van der Waals surface area contributed by atoms with Crippen molar-refractivity contribution in [2.75, 3.05) is 16.8 Å². The molecule has 28 heavy (non-hydrogen) atoms. The Labute approximate surface area is 170 Å². The number of hydrogen-bond donors (Lipinski definition) is 1. The molecule has 0 spiro atoms. The second-order valence-electron chi connectivity index (χ2n) is 7.01. The molecule has 1 aliphatic heterocycles. The van der Waals surface area contributed by atoms with Crippen LogP contribution in [0.3, 0.4) is 0 Å². The van der Waals surface area contributed by atoms with Crippen molar-refractivity contribution in [3.05, 3.63) is 34.4 Å². The second-order valence-corrected chi connectivity index (χ2v) is 9.44. The van der Waals surface area contributed by atoms with Crippen LogP contribution >= 0.6 is 23.1 Å². The number of nitro benzene ring substituents is 1. The van der Waals surface area contributed by atoms with Crippen molar-refractivity contribution in [1.82, 2.24) is 10.2 Å². The van der Waals surface area contributed by atoms with Crippen molar-refractivity contribution < 1.29 is 9.72 Å². The van der Waals surface area contributed by atoms with Gasteiger partial charge in [-0.15, -0.1) is 10.2 Å². The zero-order valence-corrected chi connectivity index (χ0v) is 16.9. The van der Waals surface area contributed by atoms with E-state index in [1.807, 2.05) is 0 Å². The molecule has 1 saturated heterocycles. The van der Waals surface area contributed by atoms with Crippen molar-refractivity contribution in [3.8, 4) is 0 Å². The molecule has 10 heteroatoms. The molecule has 148 valence electrons. The lowest BCUT2D eigenvalue weighted by Gasteiger charge is -2.21. The van der Waals surface area contributed by atoms with Crippen LogP contribution in [-0.4, -0.2) is 38.9 Å². The lowest BCUT2D eigenvalue weighted by molar-refractivity contribution is -0.384. The van der Waals surface area contributed by atoms with E-state index in [2.05, 4.69) is 15.5 Å². The second kappa shape index (κ2) is 8.44. The first-order valence-electron chi connectivity index (χ1n) is 9.43. The predicted octanol–water partition coefficient (Wildman–Crippen LogP) is 4.09. The van der Waals surface area contributed by atoms with E-state index >= 15 is 0 Å². The van der Waals surface area contributed by atoms with E-state index in [1.165, 1.54) is 67.3 Å². The summed E-state index contributed by atoms with van der Waals surface area (Å²) in [6.45, 7) is 0.545. The van der Waals surface area contributed by atoms with Crippen LogP contribution in [0, 0.1) is 10.1 Å². The molecule has 0 radical (unpaired) electrons. The summed E-state index contributed by atoms with van der Waals surface area (Å²) in [5.74, 6) is -0.0394. The van der Waals surface area contributed by atoms with Gasteiger partial charge in [0, 0.05) is 24.7 Å². The van der Waals surface area contributed by atoms with Crippen LogP contribution in [0.1, 0.15) is 38.5 Å². The molecule has 1 aliphatic carbocycles. The number of benzene rings is 1. The van der Waals surface area contributed by atoms with E-state index in [4.69, 9.17) is 0 Å². The normalized spacial score (nSPS) is 20.5. The van der Waals surface area contributed by atoms with E-state index < -0.39 is 4.92 Å². The third kappa shape index (κ3) is 4.27. The van der Waals surface area contributed by atoms with Gasteiger partial charge in [-0.3, -0.25) is 14.9 Å². The van der Waals surface area contributed by atoms with Crippen molar-refractivity contribution in [3.63, 3.8) is 0 Å². The van der Waals surface area contributed by atoms with Gasteiger partial charge in [0.05, 0.1) is 15.9 Å². The van der Waals surface area contributed by atoms with Crippen LogP contribution < -0.4 is 10.2 Å². The minimum absolute atomic E-state index is 0.0102. The van der Waals surface area contributed by atoms with Gasteiger partial charge in [0.15, 0.2) is 4.34 Å². The van der Waals surface area contributed by atoms with E-state index in [-0.39, 0.29) is 16.8 Å². The summed E-state index contributed by atoms with van der Waals surface area (Å²) in [6, 6.07) is 6.68. The zero-order chi connectivity index (χ0) is 19.5. The largest absolute Gasteiger partial charge is 0.357 e. The van der Waals surface area contributed by atoms with Crippen LogP contribution in [0.15, 0.2) is 28.6 Å². The molecule has 4 rings (SSSR count). The lowest BCUT2D eigenvalue weighted by Crippen LogP contribution is -2.27. The molecular formula is C18H21N5O3S2. The van der Waals surface area contributed by atoms with Crippen LogP contribution in [-0.2, 0) is 4.79 Å². The number of amides is 1. The minimum atomic E-state index is -0.446. The number of carbonyl (C=O) groups excluding carboxylic acids is 1. The highest BCUT2D eigenvalue weighted by atomic mass is 32.2. The Morgan fingerprint density at radius 1 is 1.21 bits per heavy atom. The minimum Gasteiger partial charge on any atom is -0.357 e. The number of rotatable bonds is 6. The van der Waals surface area contributed by atoms with Gasteiger partial charge in [-0.1, -0.05) is 48.4 Å². The molecule has 2 aromatic rings. The Balaban J connectivity index is 1.38. The first kappa shape index (κ1) is 19.1. The van der Waals surface area contributed by atoms with Crippen molar-refractivity contribution >= 4 is 45.5 Å². The SMILES string of the molecule is O=C1C(Sc2nnc(NC3CCCCC3)s2)CCN1c1cccc([N+](=O)[O-])c1. The molecular weight excluding hydrogens is 398 g/mol. The van der Waals surface area contributed by atoms with E-state index in [0.29, 0.717) is 24.7 Å². The van der Waals surface area contributed by atoms with E-state index in [1.54, 1.807) is 17.0 Å². The molecule has 8 nitrogen and oxygen atoms in total. The number of nitrogens with zero attached hydrogens (tertiary/aromatic N) is 4. The molecule has 1 aromatic heterocycles. The fraction of sp³-hybridized carbons (Fsp3) is 0.500. The van der Waals surface area contributed by atoms with Crippen molar-refractivity contribution in [2.24, 2.45) is 0 Å². The maximum Gasteiger partial charge on any atom is 0.271 e. The number of thioether (sulfide) groups is 1. The van der Waals surface area contributed by atoms with Crippen LogP contribution in [0.2, 0.25) is 0 Å². The molecule has 2 aliphatic rings. The number of nitrogens with one attached hydrogen (secondary N) is 1. The van der Waals surface area contributed by atoms with Gasteiger partial charge in [-0.2, -0.15) is 0 Å². The number of anilines is 2. The quantitative estimate of drug-likeness (QED) is 0.556. The molecule has 2 heterocycles. The van der Waals surface area contributed by atoms with Crippen molar-refractivity contribution in [2.45, 2.75) is 54.2 Å². The summed E-state index contributed by atoms with van der Waals surface area (Å²) in [7, 11) is 0. The third-order valence-corrected chi connectivity index (χ3v) is 7.28. The van der Waals surface area contributed by atoms with Gasteiger partial charge in [-0.25, -0.2) is 0 Å². The number of nitro groups is 1. The first-order valence-corrected chi connectivity index (χ1v) is 11.1. The number of aromatic nitrogens is 2. The fourth-order valence-electron chi connectivity index (χ4n) is 3.65. The van der Waals surface area contributed by atoms with Crippen LogP contribution in [0.5, 0.6) is 0 Å². The topological polar surface area (TPSA) is 101 Å². The summed E-state index contributed by atoms with van der Waals surface area (Å²) in [5.41, 5.74) is 0.558. The molecule has 1 aromatic carbocycles. The molecule has 2 fully saturated rings. The highest BCUT2D eigenvalue weighted by Crippen LogP contribution is 2.36. The molecule has 1 saturated carbocycles. The van der Waals surface area contributed by atoms with Gasteiger partial charge in [0.1, 0.15) is 0 Å². The Kier molecular flexibility index (Phi) is 5.77. The highest BCUT2D eigenvalue weighted by Gasteiger charge is 2.34. The summed E-state index contributed by atoms with van der Waals surface area (Å²) in [4.78, 5) is 24.9. The number of non-ortho nitro benzene ring substituents is 1. The molecule has 1 atom stereocenters. The van der Waals surface area contributed by atoms with E-state index in [9.17, 15) is 14.9 Å². The predicted molar refractivity (Wildman–Crippen MR) is 110 cm³/mol. The monoisotopic (exact) mass is 419 g/mol. The lowest BCUT2D eigenvalue weighted by atomic mass is 9.96. The van der Waals surface area contributed by atoms with Crippen LogP contribution in [0.4, 0.5) is 16.5 Å². The van der Waals surface area contributed by atoms with Crippen LogP contribution in [0.25, 0.3) is 0 Å². The van der Waals surface area contributed by atoms with Gasteiger partial charge in [0.2, 0.25) is 11.0 Å². The maximum absolute atomic E-state index is 12.8. The Morgan fingerprint density at radius 3 is 2.82 bits per heavy atom. The molecule has 1 unspecified atom stereocenters. The fourth-order valence-corrected chi connectivity index (χ4v) is 5.77. The standard InChI is InChI=1S/C18H21N5O3S2/c24-16-15(9-10-22(16)13-7-4-8-14(11-13)23(25)26)27-18-21-20-17(28-18)19-12-5-2-1-3-6-12/h4,7-8,11-12,15H,1-3,5-6,9-10H2,(H,19,20). The average molecular weight is 420 g/mol. The van der Waals surface area contributed by atoms with Gasteiger partial charge < -0.3 is 10.2 Å². The zero-order valence-electron chi connectivity index (χ0n) is 15.2. The Bertz CT molecular complexity index is 868. The maximum atomic E-state index is 12.8. The summed E-state index contributed by atoms with van der Waals surface area (Å²) in [5, 5.41) is 23.5. The third-order valence-electron chi connectivity index (χ3n) is 5.09. The Morgan fingerprint density at radius 2 is 2.04 bits per heavy atom. The molecule has 0 bridgehead atoms. The Hall–Kier alpha value is -2.20. The first-order chi connectivity index (χ1) is 13.6. The summed E-state index contributed by atoms with van der Waals surface area (Å²) in [6.07, 6.45) is 6.82. The summed E-state index contributed by atoms with van der Waals surface area (Å²) < 4.78 is 0.776. The molecule has 1 amide bonds. The van der Waals surface area contributed by atoms with E-state index in [0.717, 1.165) is 9.47 Å². The highest BCUT2D eigenvalue weighted by molar-refractivity contribution is 8.02. The smallest absolute Gasteiger partial charge is 0.271 e.